The summed E-state index contributed by atoms with van der Waals surface area (Å²) in [6.07, 6.45) is 0.758. The van der Waals surface area contributed by atoms with Gasteiger partial charge in [-0.3, -0.25) is 0 Å². The van der Waals surface area contributed by atoms with Gasteiger partial charge in [-0.15, -0.1) is 10.7 Å². The number of rotatable bonds is 4. The average Bonchev–Trinajstić information content (AvgIpc) is 1.80. The summed E-state index contributed by atoms with van der Waals surface area (Å²) in [5.74, 6) is -0.914. The van der Waals surface area contributed by atoms with Crippen LogP contribution in [-0.4, -0.2) is 28.1 Å². The van der Waals surface area contributed by atoms with Gasteiger partial charge < -0.3 is 0 Å². The van der Waals surface area contributed by atoms with Crippen LogP contribution >= 0.6 is 0 Å². The van der Waals surface area contributed by atoms with Crippen molar-refractivity contribution in [1.82, 2.24) is 4.13 Å². The summed E-state index contributed by atoms with van der Waals surface area (Å²) >= 11 is 0. The Labute approximate surface area is 78.7 Å². The molecule has 10 heteroatoms. The van der Waals surface area contributed by atoms with Crippen molar-refractivity contribution in [3.8, 4) is 0 Å². The molecule has 0 aliphatic heterocycles. The van der Waals surface area contributed by atoms with Gasteiger partial charge in [-0.1, -0.05) is 6.08 Å². The number of alkyl halides is 3. The quantitative estimate of drug-likeness (QED) is 0.712. The van der Waals surface area contributed by atoms with E-state index in [1.807, 2.05) is 0 Å². The normalized spacial score (nSPS) is 13.9. The zero-order valence-corrected chi connectivity index (χ0v) is 8.21. The Morgan fingerprint density at radius 2 is 1.64 bits per heavy atom. The van der Waals surface area contributed by atoms with E-state index in [0.717, 1.165) is 6.08 Å². The number of halogens is 3. The van der Waals surface area contributed by atoms with E-state index >= 15 is 0 Å². The van der Waals surface area contributed by atoms with E-state index in [4.69, 9.17) is 0 Å². The fraction of sp³-hybridized carbons (Fsp3) is 0.500. The number of hydrogen-bond acceptors (Lipinski definition) is 4. The van der Waals surface area contributed by atoms with Gasteiger partial charge in [0.15, 0.2) is 0 Å². The van der Waals surface area contributed by atoms with E-state index in [1.165, 1.54) is 0 Å². The zero-order valence-electron chi connectivity index (χ0n) is 6.57. The third-order valence-corrected chi connectivity index (χ3v) is 4.06. The van der Waals surface area contributed by atoms with Crippen LogP contribution in [0.15, 0.2) is 12.7 Å². The van der Waals surface area contributed by atoms with E-state index in [9.17, 15) is 30.0 Å². The topological polar surface area (TPSA) is 80.3 Å². The van der Waals surface area contributed by atoms with Crippen molar-refractivity contribution < 1.29 is 30.0 Å². The van der Waals surface area contributed by atoms with Crippen LogP contribution in [0.2, 0.25) is 0 Å². The molecule has 0 saturated carbocycles. The molecule has 0 aromatic carbocycles. The molecule has 0 heterocycles. The predicted molar refractivity (Wildman–Crippen MR) is 42.1 cm³/mol. The summed E-state index contributed by atoms with van der Waals surface area (Å²) in [6, 6.07) is 0. The standard InChI is InChI=1S/C4H6F3NO4S2/c1-2-3-13(9,10)8-14(11,12)4(5,6)7/h2,8H,1,3H2. The number of hydrogen-bond donors (Lipinski definition) is 1. The largest absolute Gasteiger partial charge is 0.512 e. The minimum Gasteiger partial charge on any atom is -0.211 e. The van der Waals surface area contributed by atoms with Gasteiger partial charge in [0.25, 0.3) is 0 Å². The van der Waals surface area contributed by atoms with Crippen LogP contribution in [0, 0.1) is 0 Å². The van der Waals surface area contributed by atoms with Crippen LogP contribution in [0.1, 0.15) is 0 Å². The minimum atomic E-state index is -5.86. The van der Waals surface area contributed by atoms with E-state index in [2.05, 4.69) is 6.58 Å². The fourth-order valence-electron chi connectivity index (χ4n) is 0.404. The molecule has 0 fully saturated rings. The molecule has 0 amide bonds. The van der Waals surface area contributed by atoms with Crippen molar-refractivity contribution in [3.05, 3.63) is 12.7 Å². The van der Waals surface area contributed by atoms with Gasteiger partial charge in [0.2, 0.25) is 10.0 Å². The molecule has 1 N–H and O–H groups in total. The molecule has 0 unspecified atom stereocenters. The van der Waals surface area contributed by atoms with Gasteiger partial charge in [0.1, 0.15) is 0 Å². The average molecular weight is 253 g/mol. The molecular weight excluding hydrogens is 247 g/mol. The van der Waals surface area contributed by atoms with Crippen LogP contribution in [-0.2, 0) is 20.0 Å². The van der Waals surface area contributed by atoms with Crippen molar-refractivity contribution in [2.45, 2.75) is 5.51 Å². The number of nitrogens with one attached hydrogen (secondary N) is 1. The summed E-state index contributed by atoms with van der Waals surface area (Å²) in [5, 5.41) is 0. The Morgan fingerprint density at radius 1 is 1.21 bits per heavy atom. The monoisotopic (exact) mass is 253 g/mol. The van der Waals surface area contributed by atoms with E-state index in [1.54, 1.807) is 0 Å². The molecular formula is C4H6F3NO4S2. The second-order valence-electron chi connectivity index (χ2n) is 2.10. The SMILES string of the molecule is C=CCS(=O)(=O)NS(=O)(=O)C(F)(F)F. The first kappa shape index (κ1) is 13.4. The Hall–Kier alpha value is -0.610. The highest BCUT2D eigenvalue weighted by molar-refractivity contribution is 8.05. The van der Waals surface area contributed by atoms with Gasteiger partial charge in [-0.2, -0.15) is 13.2 Å². The Balaban J connectivity index is 4.97. The predicted octanol–water partition coefficient (Wildman–Crippen LogP) is -0.0586. The maximum atomic E-state index is 11.7. The van der Waals surface area contributed by atoms with Crippen molar-refractivity contribution in [2.24, 2.45) is 0 Å². The van der Waals surface area contributed by atoms with Crippen LogP contribution < -0.4 is 4.13 Å². The number of sulfonamides is 2. The second-order valence-corrected chi connectivity index (χ2v) is 5.80. The summed E-state index contributed by atoms with van der Waals surface area (Å²) in [5.41, 5.74) is -5.65. The summed E-state index contributed by atoms with van der Waals surface area (Å²) in [4.78, 5) is 0. The molecule has 0 aromatic rings. The lowest BCUT2D eigenvalue weighted by Crippen LogP contribution is -2.40. The first-order valence-electron chi connectivity index (χ1n) is 2.95. The van der Waals surface area contributed by atoms with Gasteiger partial charge >= 0.3 is 15.5 Å². The molecule has 0 spiro atoms. The Morgan fingerprint density at radius 3 is 1.93 bits per heavy atom. The van der Waals surface area contributed by atoms with Crippen LogP contribution in [0.25, 0.3) is 0 Å². The smallest absolute Gasteiger partial charge is 0.211 e. The van der Waals surface area contributed by atoms with Crippen molar-refractivity contribution in [2.75, 3.05) is 5.75 Å². The molecule has 84 valence electrons. The lowest BCUT2D eigenvalue weighted by atomic mass is 10.8. The maximum absolute atomic E-state index is 11.7. The molecule has 0 aromatic heterocycles. The summed E-state index contributed by atoms with van der Waals surface area (Å²) < 4.78 is 77.4. The molecule has 0 atom stereocenters. The summed E-state index contributed by atoms with van der Waals surface area (Å²) in [6.45, 7) is 2.94. The van der Waals surface area contributed by atoms with E-state index < -0.39 is 31.3 Å². The van der Waals surface area contributed by atoms with E-state index in [-0.39, 0.29) is 0 Å². The van der Waals surface area contributed by atoms with Gasteiger partial charge in [-0.05, 0) is 0 Å². The van der Waals surface area contributed by atoms with Crippen molar-refractivity contribution in [1.29, 1.82) is 0 Å². The van der Waals surface area contributed by atoms with Gasteiger partial charge in [-0.25, -0.2) is 16.8 Å². The summed E-state index contributed by atoms with van der Waals surface area (Å²) in [7, 11) is -10.4. The van der Waals surface area contributed by atoms with Crippen molar-refractivity contribution in [3.63, 3.8) is 0 Å². The molecule has 0 aliphatic rings. The fourth-order valence-corrected chi connectivity index (χ4v) is 2.70. The zero-order chi connectivity index (χ0) is 11.6. The van der Waals surface area contributed by atoms with Gasteiger partial charge in [0, 0.05) is 0 Å². The second kappa shape index (κ2) is 3.87. The Bertz CT molecular complexity index is 406. The lowest BCUT2D eigenvalue weighted by molar-refractivity contribution is -0.0441. The molecule has 0 saturated heterocycles. The molecule has 0 radical (unpaired) electrons. The van der Waals surface area contributed by atoms with E-state index in [0.29, 0.717) is 4.13 Å². The Kier molecular flexibility index (Phi) is 3.70. The maximum Gasteiger partial charge on any atom is 0.512 e. The highest BCUT2D eigenvalue weighted by atomic mass is 32.3. The third-order valence-electron chi connectivity index (χ3n) is 0.879. The van der Waals surface area contributed by atoms with Crippen LogP contribution in [0.3, 0.4) is 0 Å². The molecule has 0 bridgehead atoms. The third kappa shape index (κ3) is 3.64. The molecule has 0 aliphatic carbocycles. The first-order chi connectivity index (χ1) is 6.02. The van der Waals surface area contributed by atoms with Crippen LogP contribution in [0.5, 0.6) is 0 Å². The minimum absolute atomic E-state index is 0.522. The molecule has 0 rings (SSSR count). The first-order valence-corrected chi connectivity index (χ1v) is 6.09. The highest BCUT2D eigenvalue weighted by Crippen LogP contribution is 2.22. The van der Waals surface area contributed by atoms with Crippen LogP contribution in [0.4, 0.5) is 13.2 Å². The molecule has 5 nitrogen and oxygen atoms in total. The van der Waals surface area contributed by atoms with Gasteiger partial charge in [0.05, 0.1) is 5.75 Å². The lowest BCUT2D eigenvalue weighted by Gasteiger charge is -2.08. The highest BCUT2D eigenvalue weighted by Gasteiger charge is 2.47. The van der Waals surface area contributed by atoms with Crippen molar-refractivity contribution >= 4 is 20.0 Å². The molecule has 14 heavy (non-hydrogen) atoms.